The van der Waals surface area contributed by atoms with Gasteiger partial charge in [0.2, 0.25) is 5.82 Å². The van der Waals surface area contributed by atoms with Crippen LogP contribution in [0, 0.1) is 17.2 Å². The number of aliphatic imine (C=N–C) groups is 2. The number of halogens is 3. The molecule has 5 heterocycles. The Labute approximate surface area is 222 Å². The third-order valence-electron chi connectivity index (χ3n) is 7.08. The van der Waals surface area contributed by atoms with Gasteiger partial charge in [0.05, 0.1) is 30.8 Å². The predicted molar refractivity (Wildman–Crippen MR) is 134 cm³/mol. The van der Waals surface area contributed by atoms with E-state index in [1.165, 1.54) is 11.0 Å². The van der Waals surface area contributed by atoms with E-state index < -0.39 is 17.9 Å². The number of nitrogens with one attached hydrogen (secondary N) is 1. The number of amidine groups is 1. The van der Waals surface area contributed by atoms with Crippen molar-refractivity contribution in [3.05, 3.63) is 54.0 Å². The first-order valence-corrected chi connectivity index (χ1v) is 12.7. The molecule has 2 unspecified atom stereocenters. The molecule has 3 aliphatic heterocycles. The molecule has 1 saturated heterocycles. The summed E-state index contributed by atoms with van der Waals surface area (Å²) in [5.74, 6) is -0.967. The van der Waals surface area contributed by atoms with Crippen molar-refractivity contribution in [1.29, 1.82) is 5.26 Å². The van der Waals surface area contributed by atoms with Gasteiger partial charge in [-0.3, -0.25) is 19.4 Å². The van der Waals surface area contributed by atoms with E-state index in [0.717, 1.165) is 30.4 Å². The molecule has 1 amide bonds. The molecular weight excluding hydrogens is 513 g/mol. The van der Waals surface area contributed by atoms with E-state index in [4.69, 9.17) is 5.26 Å². The number of fused-ring (bicyclic) bond motifs is 1. The quantitative estimate of drug-likeness (QED) is 0.510. The Kier molecular flexibility index (Phi) is 7.69. The minimum absolute atomic E-state index is 0.0480. The van der Waals surface area contributed by atoms with Crippen LogP contribution >= 0.6 is 0 Å². The summed E-state index contributed by atoms with van der Waals surface area (Å²) in [6.07, 6.45) is 7.43. The molecule has 0 aromatic carbocycles. The van der Waals surface area contributed by atoms with Crippen LogP contribution in [0.15, 0.2) is 46.9 Å². The van der Waals surface area contributed by atoms with Crippen LogP contribution in [0.5, 0.6) is 0 Å². The minimum atomic E-state index is -4.72. The summed E-state index contributed by atoms with van der Waals surface area (Å²) in [5, 5.41) is 16.7. The van der Waals surface area contributed by atoms with Gasteiger partial charge in [-0.15, -0.1) is 0 Å². The molecule has 0 spiro atoms. The van der Waals surface area contributed by atoms with Crippen LogP contribution in [0.2, 0.25) is 0 Å². The Bertz CT molecular complexity index is 1320. The molecule has 2 aromatic rings. The van der Waals surface area contributed by atoms with Crippen molar-refractivity contribution >= 4 is 18.1 Å². The fourth-order valence-corrected chi connectivity index (χ4v) is 5.08. The summed E-state index contributed by atoms with van der Waals surface area (Å²) in [6, 6.07) is 3.35. The Morgan fingerprint density at radius 3 is 2.85 bits per heavy atom. The highest BCUT2D eigenvalue weighted by Crippen LogP contribution is 2.32. The lowest BCUT2D eigenvalue weighted by Crippen LogP contribution is -2.53. The van der Waals surface area contributed by atoms with Crippen molar-refractivity contribution < 1.29 is 18.0 Å². The molecule has 204 valence electrons. The van der Waals surface area contributed by atoms with Crippen molar-refractivity contribution in [2.24, 2.45) is 15.9 Å². The normalized spacial score (nSPS) is 21.7. The van der Waals surface area contributed by atoms with E-state index in [9.17, 15) is 18.0 Å². The van der Waals surface area contributed by atoms with Gasteiger partial charge in [-0.25, -0.2) is 15.0 Å². The fraction of sp³-hybridized carbons (Fsp3) is 0.480. The summed E-state index contributed by atoms with van der Waals surface area (Å²) < 4.78 is 40.8. The first kappa shape index (κ1) is 26.5. The predicted octanol–water partition coefficient (Wildman–Crippen LogP) is 2.43. The maximum absolute atomic E-state index is 13.0. The van der Waals surface area contributed by atoms with Gasteiger partial charge >= 0.3 is 6.18 Å². The maximum Gasteiger partial charge on any atom is 0.451 e. The number of unbranched alkanes of at least 4 members (excludes halogenated alkanes) is 1. The first-order chi connectivity index (χ1) is 18.8. The van der Waals surface area contributed by atoms with Gasteiger partial charge in [0.15, 0.2) is 0 Å². The molecule has 3 atom stereocenters. The summed E-state index contributed by atoms with van der Waals surface area (Å²) in [6.45, 7) is 2.38. The monoisotopic (exact) mass is 540 g/mol. The van der Waals surface area contributed by atoms with Crippen molar-refractivity contribution in [1.82, 2.24) is 34.9 Å². The molecule has 11 nitrogen and oxygen atoms in total. The van der Waals surface area contributed by atoms with E-state index in [-0.39, 0.29) is 23.7 Å². The zero-order valence-electron chi connectivity index (χ0n) is 21.0. The van der Waals surface area contributed by atoms with Crippen molar-refractivity contribution in [2.45, 2.75) is 44.1 Å². The van der Waals surface area contributed by atoms with E-state index in [1.54, 1.807) is 6.34 Å². The second-order valence-corrected chi connectivity index (χ2v) is 9.54. The highest BCUT2D eigenvalue weighted by molar-refractivity contribution is 5.96. The van der Waals surface area contributed by atoms with Crippen LogP contribution in [0.1, 0.15) is 47.2 Å². The fourth-order valence-electron chi connectivity index (χ4n) is 5.08. The lowest BCUT2D eigenvalue weighted by Gasteiger charge is -2.39. The molecule has 3 aliphatic rings. The third kappa shape index (κ3) is 5.98. The average molecular weight is 541 g/mol. The summed E-state index contributed by atoms with van der Waals surface area (Å²) in [4.78, 5) is 32.1. The molecule has 1 fully saturated rings. The van der Waals surface area contributed by atoms with Gasteiger partial charge in [0.1, 0.15) is 17.9 Å². The van der Waals surface area contributed by atoms with Crippen LogP contribution in [0.25, 0.3) is 0 Å². The summed E-state index contributed by atoms with van der Waals surface area (Å²) in [7, 11) is 0. The number of rotatable bonds is 8. The van der Waals surface area contributed by atoms with Crippen molar-refractivity contribution in [3.8, 4) is 6.07 Å². The molecule has 2 aromatic heterocycles. The highest BCUT2D eigenvalue weighted by atomic mass is 19.4. The number of alkyl halides is 3. The molecule has 0 aliphatic carbocycles. The van der Waals surface area contributed by atoms with Crippen LogP contribution in [0.4, 0.5) is 13.2 Å². The lowest BCUT2D eigenvalue weighted by atomic mass is 9.95. The average Bonchev–Trinajstić information content (AvgIpc) is 3.62. The second kappa shape index (κ2) is 11.3. The standard InChI is InChI=1S/C25H27F3N10O/c26-25(27,28)24-31-8-5-20(35-24)23(39)37-11-9-36(10-12-37)18(3-1-2-6-29)15-38-14-17(13-34-38)21-19-4-7-30-22(19)33-16-32-21/h4-5,7-8,13-14,16,18-19,21H,1-3,9-12,15H2,(H,30,32,33)/t18-,19?,21?/m0/s1. The Morgan fingerprint density at radius 1 is 1.26 bits per heavy atom. The number of hydrogen-bond donors (Lipinski definition) is 1. The van der Waals surface area contributed by atoms with Crippen LogP contribution < -0.4 is 5.32 Å². The third-order valence-corrected chi connectivity index (χ3v) is 7.08. The first-order valence-electron chi connectivity index (χ1n) is 12.7. The van der Waals surface area contributed by atoms with E-state index in [1.807, 2.05) is 29.4 Å². The number of nitrogens with zero attached hydrogens (tertiary/aromatic N) is 9. The molecular formula is C25H27F3N10O. The topological polar surface area (TPSA) is 128 Å². The van der Waals surface area contributed by atoms with Crippen LogP contribution in [0.3, 0.4) is 0 Å². The molecule has 1 N–H and O–H groups in total. The molecule has 0 bridgehead atoms. The van der Waals surface area contributed by atoms with Gasteiger partial charge in [-0.2, -0.15) is 23.5 Å². The Balaban J connectivity index is 1.23. The van der Waals surface area contributed by atoms with Gasteiger partial charge in [-0.1, -0.05) is 6.08 Å². The van der Waals surface area contributed by atoms with Crippen LogP contribution in [-0.4, -0.2) is 79.9 Å². The number of amides is 1. The Morgan fingerprint density at radius 2 is 2.08 bits per heavy atom. The van der Waals surface area contributed by atoms with Gasteiger partial charge < -0.3 is 10.2 Å². The minimum Gasteiger partial charge on any atom is -0.350 e. The number of aromatic nitrogens is 4. The number of carbonyl (C=O) groups excluding carboxylic acids is 1. The lowest BCUT2D eigenvalue weighted by molar-refractivity contribution is -0.145. The molecule has 0 radical (unpaired) electrons. The van der Waals surface area contributed by atoms with Gasteiger partial charge in [-0.05, 0) is 25.1 Å². The largest absolute Gasteiger partial charge is 0.451 e. The number of carbonyl (C=O) groups is 1. The summed E-state index contributed by atoms with van der Waals surface area (Å²) >= 11 is 0. The Hall–Kier alpha value is -4.12. The zero-order valence-corrected chi connectivity index (χ0v) is 21.0. The number of piperazine rings is 1. The van der Waals surface area contributed by atoms with E-state index in [0.29, 0.717) is 39.1 Å². The van der Waals surface area contributed by atoms with Gasteiger partial charge in [0.25, 0.3) is 5.91 Å². The number of hydrogen-bond acceptors (Lipinski definition) is 9. The highest BCUT2D eigenvalue weighted by Gasteiger charge is 2.36. The second-order valence-electron chi connectivity index (χ2n) is 9.54. The number of nitriles is 1. The maximum atomic E-state index is 13.0. The molecule has 14 heteroatoms. The molecule has 5 rings (SSSR count). The molecule has 39 heavy (non-hydrogen) atoms. The molecule has 0 saturated carbocycles. The SMILES string of the molecule is N#CCCC[C@@H](Cn1cc(C2N=CN=C3NC=CC32)cn1)N1CCN(C(=O)c2ccnc(C(F)(F)F)n2)CC1. The summed E-state index contributed by atoms with van der Waals surface area (Å²) in [5.41, 5.74) is 0.706. The van der Waals surface area contributed by atoms with Gasteiger partial charge in [0, 0.05) is 56.6 Å². The van der Waals surface area contributed by atoms with E-state index >= 15 is 0 Å². The van der Waals surface area contributed by atoms with Crippen LogP contribution in [-0.2, 0) is 12.7 Å². The van der Waals surface area contributed by atoms with E-state index in [2.05, 4.69) is 41.3 Å². The van der Waals surface area contributed by atoms with Crippen molar-refractivity contribution in [3.63, 3.8) is 0 Å². The smallest absolute Gasteiger partial charge is 0.350 e. The zero-order chi connectivity index (χ0) is 27.4. The van der Waals surface area contributed by atoms with Crippen molar-refractivity contribution in [2.75, 3.05) is 26.2 Å².